The molecule has 2 saturated carbocycles. The highest BCUT2D eigenvalue weighted by atomic mass is 32.2. The molecule has 0 aliphatic heterocycles. The van der Waals surface area contributed by atoms with Crippen molar-refractivity contribution in [2.45, 2.75) is 77.0 Å². The second-order valence-corrected chi connectivity index (χ2v) is 9.51. The van der Waals surface area contributed by atoms with Crippen LogP contribution in [0.5, 0.6) is 0 Å². The standard InChI is InChI=1S/C19H36S2/c1-20-15-19(16-21-2,13-17-9-5-3-6-10-17)14-18-11-7-4-8-12-18/h17-18H,3-16H2,1-2H3. The van der Waals surface area contributed by atoms with Crippen molar-refractivity contribution >= 4 is 23.5 Å². The fourth-order valence-corrected chi connectivity index (χ4v) is 7.01. The topological polar surface area (TPSA) is 0 Å². The molecule has 2 rings (SSSR count). The summed E-state index contributed by atoms with van der Waals surface area (Å²) in [6.45, 7) is 0. The normalized spacial score (nSPS) is 22.6. The van der Waals surface area contributed by atoms with Crippen LogP contribution in [0.3, 0.4) is 0 Å². The lowest BCUT2D eigenvalue weighted by Gasteiger charge is -2.40. The predicted octanol–water partition coefficient (Wildman–Crippen LogP) is 6.64. The molecule has 2 heteroatoms. The van der Waals surface area contributed by atoms with Crippen LogP contribution in [0, 0.1) is 17.3 Å². The molecule has 0 heterocycles. The molecule has 21 heavy (non-hydrogen) atoms. The van der Waals surface area contributed by atoms with Gasteiger partial charge in [0.1, 0.15) is 0 Å². The Balaban J connectivity index is 1.98. The molecule has 0 unspecified atom stereocenters. The molecule has 0 amide bonds. The first-order chi connectivity index (χ1) is 10.3. The maximum absolute atomic E-state index is 2.33. The van der Waals surface area contributed by atoms with Crippen molar-refractivity contribution in [3.8, 4) is 0 Å². The highest BCUT2D eigenvalue weighted by Crippen LogP contribution is 2.45. The van der Waals surface area contributed by atoms with Crippen molar-refractivity contribution < 1.29 is 0 Å². The van der Waals surface area contributed by atoms with Crippen LogP contribution < -0.4 is 0 Å². The molecule has 0 aromatic heterocycles. The van der Waals surface area contributed by atoms with Crippen LogP contribution in [0.25, 0.3) is 0 Å². The van der Waals surface area contributed by atoms with E-state index in [0.717, 1.165) is 11.8 Å². The van der Waals surface area contributed by atoms with Gasteiger partial charge < -0.3 is 0 Å². The summed E-state index contributed by atoms with van der Waals surface area (Å²) in [7, 11) is 0. The van der Waals surface area contributed by atoms with E-state index >= 15 is 0 Å². The first-order valence-corrected chi connectivity index (χ1v) is 12.0. The monoisotopic (exact) mass is 328 g/mol. The van der Waals surface area contributed by atoms with E-state index in [4.69, 9.17) is 0 Å². The first-order valence-electron chi connectivity index (χ1n) is 9.26. The van der Waals surface area contributed by atoms with Gasteiger partial charge in [0.2, 0.25) is 0 Å². The van der Waals surface area contributed by atoms with Gasteiger partial charge in [-0.2, -0.15) is 23.5 Å². The van der Waals surface area contributed by atoms with Gasteiger partial charge in [-0.1, -0.05) is 64.2 Å². The van der Waals surface area contributed by atoms with E-state index in [0.29, 0.717) is 5.41 Å². The van der Waals surface area contributed by atoms with Gasteiger partial charge in [0.25, 0.3) is 0 Å². The lowest BCUT2D eigenvalue weighted by atomic mass is 9.70. The van der Waals surface area contributed by atoms with Crippen LogP contribution in [-0.2, 0) is 0 Å². The smallest absolute Gasteiger partial charge is 0.000548 e. The van der Waals surface area contributed by atoms with E-state index in [-0.39, 0.29) is 0 Å². The Morgan fingerprint density at radius 3 is 1.38 bits per heavy atom. The Morgan fingerprint density at radius 2 is 1.05 bits per heavy atom. The van der Waals surface area contributed by atoms with E-state index < -0.39 is 0 Å². The van der Waals surface area contributed by atoms with Crippen LogP contribution >= 0.6 is 23.5 Å². The molecular weight excluding hydrogens is 292 g/mol. The van der Waals surface area contributed by atoms with Gasteiger partial charge in [-0.25, -0.2) is 0 Å². The quantitative estimate of drug-likeness (QED) is 0.490. The van der Waals surface area contributed by atoms with Crippen LogP contribution in [0.4, 0.5) is 0 Å². The second kappa shape index (κ2) is 9.75. The molecule has 124 valence electrons. The minimum Gasteiger partial charge on any atom is -0.165 e. The molecule has 0 N–H and O–H groups in total. The predicted molar refractivity (Wildman–Crippen MR) is 102 cm³/mol. The minimum atomic E-state index is 0.642. The summed E-state index contributed by atoms with van der Waals surface area (Å²) in [6, 6.07) is 0. The molecule has 2 fully saturated rings. The minimum absolute atomic E-state index is 0.642. The third kappa shape index (κ3) is 6.01. The average molecular weight is 329 g/mol. The van der Waals surface area contributed by atoms with Gasteiger partial charge in [0, 0.05) is 0 Å². The van der Waals surface area contributed by atoms with Crippen molar-refractivity contribution in [2.24, 2.45) is 17.3 Å². The maximum atomic E-state index is 2.33. The zero-order chi connectivity index (χ0) is 15.0. The van der Waals surface area contributed by atoms with Crippen LogP contribution in [0.2, 0.25) is 0 Å². The van der Waals surface area contributed by atoms with E-state index in [9.17, 15) is 0 Å². The third-order valence-electron chi connectivity index (χ3n) is 5.79. The SMILES string of the molecule is CSCC(CSC)(CC1CCCCC1)CC1CCCCC1. The molecule has 0 saturated heterocycles. The zero-order valence-corrected chi connectivity index (χ0v) is 16.0. The summed E-state index contributed by atoms with van der Waals surface area (Å²) < 4.78 is 0. The number of hydrogen-bond acceptors (Lipinski definition) is 2. The molecular formula is C19H36S2. The largest absolute Gasteiger partial charge is 0.165 e. The van der Waals surface area contributed by atoms with E-state index in [1.807, 2.05) is 0 Å². The summed E-state index contributed by atoms with van der Waals surface area (Å²) in [4.78, 5) is 0. The number of thioether (sulfide) groups is 2. The van der Waals surface area contributed by atoms with Crippen LogP contribution in [0.1, 0.15) is 77.0 Å². The highest BCUT2D eigenvalue weighted by molar-refractivity contribution is 7.99. The van der Waals surface area contributed by atoms with Crippen LogP contribution in [0.15, 0.2) is 0 Å². The lowest BCUT2D eigenvalue weighted by molar-refractivity contribution is 0.171. The number of hydrogen-bond donors (Lipinski definition) is 0. The number of rotatable bonds is 8. The highest BCUT2D eigenvalue weighted by Gasteiger charge is 2.35. The molecule has 0 spiro atoms. The van der Waals surface area contributed by atoms with Crippen molar-refractivity contribution in [3.05, 3.63) is 0 Å². The van der Waals surface area contributed by atoms with Crippen molar-refractivity contribution in [2.75, 3.05) is 24.0 Å². The Hall–Kier alpha value is 0.700. The van der Waals surface area contributed by atoms with Gasteiger partial charge in [-0.3, -0.25) is 0 Å². The summed E-state index contributed by atoms with van der Waals surface area (Å²) in [5, 5.41) is 0. The molecule has 0 aromatic rings. The van der Waals surface area contributed by atoms with Gasteiger partial charge in [-0.15, -0.1) is 0 Å². The van der Waals surface area contributed by atoms with Crippen LogP contribution in [-0.4, -0.2) is 24.0 Å². The Labute approximate surface area is 142 Å². The van der Waals surface area contributed by atoms with E-state index in [1.165, 1.54) is 88.6 Å². The molecule has 0 bridgehead atoms. The van der Waals surface area contributed by atoms with E-state index in [1.54, 1.807) is 0 Å². The van der Waals surface area contributed by atoms with Crippen molar-refractivity contribution in [1.82, 2.24) is 0 Å². The Kier molecular flexibility index (Phi) is 8.38. The Morgan fingerprint density at radius 1 is 0.667 bits per heavy atom. The zero-order valence-electron chi connectivity index (χ0n) is 14.4. The van der Waals surface area contributed by atoms with Gasteiger partial charge in [-0.05, 0) is 54.1 Å². The average Bonchev–Trinajstić information content (AvgIpc) is 2.50. The molecule has 2 aliphatic carbocycles. The summed E-state index contributed by atoms with van der Waals surface area (Å²) in [6.07, 6.45) is 22.8. The maximum Gasteiger partial charge on any atom is -0.000548 e. The van der Waals surface area contributed by atoms with Gasteiger partial charge in [0.15, 0.2) is 0 Å². The lowest BCUT2D eigenvalue weighted by Crippen LogP contribution is -2.33. The van der Waals surface area contributed by atoms with Crippen molar-refractivity contribution in [1.29, 1.82) is 0 Å². The van der Waals surface area contributed by atoms with Crippen molar-refractivity contribution in [3.63, 3.8) is 0 Å². The molecule has 0 aromatic carbocycles. The molecule has 0 radical (unpaired) electrons. The molecule has 0 nitrogen and oxygen atoms in total. The fourth-order valence-electron chi connectivity index (χ4n) is 4.98. The molecule has 0 atom stereocenters. The fraction of sp³-hybridized carbons (Fsp3) is 1.00. The summed E-state index contributed by atoms with van der Waals surface area (Å²) >= 11 is 4.22. The van der Waals surface area contributed by atoms with Gasteiger partial charge in [0.05, 0.1) is 0 Å². The first kappa shape index (κ1) is 18.0. The third-order valence-corrected chi connectivity index (χ3v) is 7.60. The molecule has 2 aliphatic rings. The second-order valence-electron chi connectivity index (χ2n) is 7.78. The summed E-state index contributed by atoms with van der Waals surface area (Å²) in [5.74, 6) is 4.89. The Bertz CT molecular complexity index is 237. The van der Waals surface area contributed by atoms with E-state index in [2.05, 4.69) is 36.0 Å². The summed E-state index contributed by atoms with van der Waals surface area (Å²) in [5.41, 5.74) is 0.642. The van der Waals surface area contributed by atoms with Gasteiger partial charge >= 0.3 is 0 Å².